The van der Waals surface area contributed by atoms with Gasteiger partial charge in [0.05, 0.1) is 19.3 Å². The molecule has 0 fully saturated rings. The van der Waals surface area contributed by atoms with Crippen LogP contribution in [0, 0.1) is 0 Å². The Kier molecular flexibility index (Phi) is 6.89. The fraction of sp³-hybridized carbons (Fsp3) is 0.333. The van der Waals surface area contributed by atoms with Crippen molar-refractivity contribution in [3.05, 3.63) is 53.9 Å². The number of benzene rings is 1. The molecule has 0 atom stereocenters. The molecule has 2 rings (SSSR count). The van der Waals surface area contributed by atoms with E-state index >= 15 is 0 Å². The monoisotopic (exact) mass is 328 g/mol. The molecule has 0 radical (unpaired) electrons. The number of aromatic nitrogens is 1. The molecule has 6 heteroatoms. The smallest absolute Gasteiger partial charge is 0.191 e. The van der Waals surface area contributed by atoms with E-state index in [4.69, 9.17) is 4.74 Å². The van der Waals surface area contributed by atoms with Gasteiger partial charge in [0.15, 0.2) is 17.5 Å². The van der Waals surface area contributed by atoms with Crippen molar-refractivity contribution in [2.24, 2.45) is 4.99 Å². The molecule has 0 aliphatic heterocycles. The molecule has 1 aromatic heterocycles. The maximum absolute atomic E-state index is 9.62. The Morgan fingerprint density at radius 1 is 1.25 bits per heavy atom. The number of methoxy groups -OCH3 is 1. The number of aromatic hydroxyl groups is 1. The highest BCUT2D eigenvalue weighted by atomic mass is 16.5. The standard InChI is InChI=1S/C18H24N4O2/c1-3-19-18(22-13-15-6-4-5-10-20-15)21-11-9-14-7-8-16(23)17(12-14)24-2/h4-8,10,12,23H,3,9,11,13H2,1-2H3,(H2,19,21,22). The van der Waals surface area contributed by atoms with Gasteiger partial charge in [0.25, 0.3) is 0 Å². The lowest BCUT2D eigenvalue weighted by Crippen LogP contribution is -2.38. The molecule has 24 heavy (non-hydrogen) atoms. The Hall–Kier alpha value is -2.76. The lowest BCUT2D eigenvalue weighted by atomic mass is 10.1. The highest BCUT2D eigenvalue weighted by molar-refractivity contribution is 5.79. The second-order valence-electron chi connectivity index (χ2n) is 5.20. The van der Waals surface area contributed by atoms with Crippen LogP contribution in [0.3, 0.4) is 0 Å². The predicted octanol–water partition coefficient (Wildman–Crippen LogP) is 2.09. The van der Waals surface area contributed by atoms with Crippen molar-refractivity contribution in [2.75, 3.05) is 20.2 Å². The number of ether oxygens (including phenoxy) is 1. The first-order valence-electron chi connectivity index (χ1n) is 8.01. The molecule has 0 saturated carbocycles. The van der Waals surface area contributed by atoms with Crippen molar-refractivity contribution < 1.29 is 9.84 Å². The van der Waals surface area contributed by atoms with Crippen LogP contribution < -0.4 is 15.4 Å². The number of nitrogens with zero attached hydrogens (tertiary/aromatic N) is 2. The Morgan fingerprint density at radius 3 is 2.83 bits per heavy atom. The van der Waals surface area contributed by atoms with Gasteiger partial charge in [0.1, 0.15) is 0 Å². The second kappa shape index (κ2) is 9.39. The molecule has 0 amide bonds. The molecule has 0 spiro atoms. The van der Waals surface area contributed by atoms with Crippen LogP contribution in [0.4, 0.5) is 0 Å². The Labute approximate surface area is 142 Å². The number of hydrogen-bond acceptors (Lipinski definition) is 4. The Balaban J connectivity index is 1.89. The zero-order valence-corrected chi connectivity index (χ0v) is 14.1. The lowest BCUT2D eigenvalue weighted by Gasteiger charge is -2.12. The number of aliphatic imine (C=N–C) groups is 1. The van der Waals surface area contributed by atoms with Crippen molar-refractivity contribution in [1.82, 2.24) is 15.6 Å². The third-order valence-corrected chi connectivity index (χ3v) is 3.42. The maximum Gasteiger partial charge on any atom is 0.191 e. The van der Waals surface area contributed by atoms with Crippen molar-refractivity contribution in [2.45, 2.75) is 19.9 Å². The molecular formula is C18H24N4O2. The number of rotatable bonds is 7. The van der Waals surface area contributed by atoms with Gasteiger partial charge in [-0.25, -0.2) is 4.99 Å². The lowest BCUT2D eigenvalue weighted by molar-refractivity contribution is 0.373. The van der Waals surface area contributed by atoms with Crippen LogP contribution in [0.5, 0.6) is 11.5 Å². The van der Waals surface area contributed by atoms with Gasteiger partial charge in [-0.3, -0.25) is 4.98 Å². The summed E-state index contributed by atoms with van der Waals surface area (Å²) in [6.07, 6.45) is 2.56. The third kappa shape index (κ3) is 5.46. The predicted molar refractivity (Wildman–Crippen MR) is 95.4 cm³/mol. The number of guanidine groups is 1. The van der Waals surface area contributed by atoms with Gasteiger partial charge in [0, 0.05) is 19.3 Å². The molecule has 128 valence electrons. The Bertz CT molecular complexity index is 659. The van der Waals surface area contributed by atoms with Gasteiger partial charge in [-0.15, -0.1) is 0 Å². The highest BCUT2D eigenvalue weighted by Crippen LogP contribution is 2.26. The van der Waals surface area contributed by atoms with E-state index in [-0.39, 0.29) is 5.75 Å². The fourth-order valence-corrected chi connectivity index (χ4v) is 2.20. The van der Waals surface area contributed by atoms with Crippen LogP contribution in [0.25, 0.3) is 0 Å². The first-order valence-corrected chi connectivity index (χ1v) is 8.01. The average molecular weight is 328 g/mol. The van der Waals surface area contributed by atoms with Crippen molar-refractivity contribution in [3.8, 4) is 11.5 Å². The van der Waals surface area contributed by atoms with Crippen LogP contribution in [-0.2, 0) is 13.0 Å². The van der Waals surface area contributed by atoms with Gasteiger partial charge in [-0.05, 0) is 43.2 Å². The normalized spacial score (nSPS) is 11.2. The van der Waals surface area contributed by atoms with E-state index in [9.17, 15) is 5.11 Å². The quantitative estimate of drug-likeness (QED) is 0.536. The van der Waals surface area contributed by atoms with Crippen molar-refractivity contribution >= 4 is 5.96 Å². The summed E-state index contributed by atoms with van der Waals surface area (Å²) in [4.78, 5) is 8.80. The zero-order valence-electron chi connectivity index (χ0n) is 14.1. The van der Waals surface area contributed by atoms with E-state index < -0.39 is 0 Å². The maximum atomic E-state index is 9.62. The molecule has 3 N–H and O–H groups in total. The van der Waals surface area contributed by atoms with Gasteiger partial charge < -0.3 is 20.5 Å². The molecular weight excluding hydrogens is 304 g/mol. The number of hydrogen-bond donors (Lipinski definition) is 3. The van der Waals surface area contributed by atoms with E-state index in [0.717, 1.165) is 36.7 Å². The van der Waals surface area contributed by atoms with Gasteiger partial charge in [-0.1, -0.05) is 12.1 Å². The minimum absolute atomic E-state index is 0.152. The molecule has 0 unspecified atom stereocenters. The summed E-state index contributed by atoms with van der Waals surface area (Å²) in [6, 6.07) is 11.2. The molecule has 2 aromatic rings. The molecule has 0 aliphatic carbocycles. The van der Waals surface area contributed by atoms with Crippen molar-refractivity contribution in [1.29, 1.82) is 0 Å². The first kappa shape index (κ1) is 17.6. The number of nitrogens with one attached hydrogen (secondary N) is 2. The summed E-state index contributed by atoms with van der Waals surface area (Å²) in [5.74, 6) is 1.40. The molecule has 1 aromatic carbocycles. The minimum Gasteiger partial charge on any atom is -0.504 e. The van der Waals surface area contributed by atoms with E-state index in [2.05, 4.69) is 20.6 Å². The summed E-state index contributed by atoms with van der Waals surface area (Å²) in [7, 11) is 1.55. The third-order valence-electron chi connectivity index (χ3n) is 3.42. The summed E-state index contributed by atoms with van der Waals surface area (Å²) in [6.45, 7) is 4.08. The Morgan fingerprint density at radius 2 is 2.12 bits per heavy atom. The zero-order chi connectivity index (χ0) is 17.2. The largest absolute Gasteiger partial charge is 0.504 e. The van der Waals surface area contributed by atoms with Crippen LogP contribution in [0.2, 0.25) is 0 Å². The van der Waals surface area contributed by atoms with Crippen molar-refractivity contribution in [3.63, 3.8) is 0 Å². The van der Waals surface area contributed by atoms with E-state index in [1.807, 2.05) is 37.3 Å². The van der Waals surface area contributed by atoms with Crippen LogP contribution in [0.1, 0.15) is 18.2 Å². The summed E-state index contributed by atoms with van der Waals surface area (Å²) in [5, 5.41) is 16.1. The van der Waals surface area contributed by atoms with Crippen LogP contribution in [-0.4, -0.2) is 36.2 Å². The minimum atomic E-state index is 0.152. The molecule has 6 nitrogen and oxygen atoms in total. The number of phenols is 1. The molecule has 0 aliphatic rings. The summed E-state index contributed by atoms with van der Waals surface area (Å²) >= 11 is 0. The SMILES string of the molecule is CCNC(=NCc1ccccn1)NCCc1ccc(O)c(OC)c1. The second-order valence-corrected chi connectivity index (χ2v) is 5.20. The topological polar surface area (TPSA) is 78.8 Å². The van der Waals surface area contributed by atoms with Gasteiger partial charge >= 0.3 is 0 Å². The number of phenolic OH excluding ortho intramolecular Hbond substituents is 1. The first-order chi connectivity index (χ1) is 11.7. The molecule has 0 saturated heterocycles. The highest BCUT2D eigenvalue weighted by Gasteiger charge is 2.03. The average Bonchev–Trinajstić information content (AvgIpc) is 2.62. The van der Waals surface area contributed by atoms with Gasteiger partial charge in [-0.2, -0.15) is 0 Å². The number of pyridine rings is 1. The van der Waals surface area contributed by atoms with Gasteiger partial charge in [0.2, 0.25) is 0 Å². The van der Waals surface area contributed by atoms with Crippen LogP contribution >= 0.6 is 0 Å². The van der Waals surface area contributed by atoms with E-state index in [1.54, 1.807) is 19.4 Å². The summed E-state index contributed by atoms with van der Waals surface area (Å²) < 4.78 is 5.13. The molecule has 1 heterocycles. The van der Waals surface area contributed by atoms with E-state index in [0.29, 0.717) is 12.3 Å². The summed E-state index contributed by atoms with van der Waals surface area (Å²) in [5.41, 5.74) is 2.01. The van der Waals surface area contributed by atoms with Crippen LogP contribution in [0.15, 0.2) is 47.6 Å². The molecule has 0 bridgehead atoms. The fourth-order valence-electron chi connectivity index (χ4n) is 2.20. The van der Waals surface area contributed by atoms with E-state index in [1.165, 1.54) is 0 Å².